The molecule has 0 fully saturated rings. The summed E-state index contributed by atoms with van der Waals surface area (Å²) >= 11 is 5.91. The number of halogens is 1. The smallest absolute Gasteiger partial charge is 0.239 e. The quantitative estimate of drug-likeness (QED) is 0.752. The van der Waals surface area contributed by atoms with E-state index in [1.807, 2.05) is 37.3 Å². The van der Waals surface area contributed by atoms with Gasteiger partial charge in [0.05, 0.1) is 6.54 Å². The van der Waals surface area contributed by atoms with Crippen LogP contribution in [0.2, 0.25) is 5.02 Å². The van der Waals surface area contributed by atoms with Crippen molar-refractivity contribution in [2.45, 2.75) is 20.4 Å². The van der Waals surface area contributed by atoms with Crippen molar-refractivity contribution in [2.75, 3.05) is 17.2 Å². The van der Waals surface area contributed by atoms with Crippen molar-refractivity contribution in [3.05, 3.63) is 58.6 Å². The van der Waals surface area contributed by atoms with Crippen molar-refractivity contribution in [2.24, 2.45) is 0 Å². The van der Waals surface area contributed by atoms with Gasteiger partial charge in [-0.15, -0.1) is 0 Å². The van der Waals surface area contributed by atoms with Crippen molar-refractivity contribution in [1.82, 2.24) is 5.32 Å². The molecule has 2 rings (SSSR count). The van der Waals surface area contributed by atoms with Crippen LogP contribution < -0.4 is 16.0 Å². The largest absolute Gasteiger partial charge is 0.376 e. The third kappa shape index (κ3) is 5.59. The van der Waals surface area contributed by atoms with Crippen molar-refractivity contribution in [3.8, 4) is 0 Å². The normalized spacial score (nSPS) is 10.1. The first-order valence-electron chi connectivity index (χ1n) is 7.57. The standard InChI is InChI=1S/C18H20ClN3O2/c1-12-6-7-16(9-17(12)22-13(2)23)20-11-18(24)21-10-14-4-3-5-15(19)8-14/h3-9,20H,10-11H2,1-2H3,(H,21,24)(H,22,23). The summed E-state index contributed by atoms with van der Waals surface area (Å²) < 4.78 is 0. The van der Waals surface area contributed by atoms with Crippen molar-refractivity contribution in [3.63, 3.8) is 0 Å². The fraction of sp³-hybridized carbons (Fsp3) is 0.222. The molecule has 5 nitrogen and oxygen atoms in total. The lowest BCUT2D eigenvalue weighted by atomic mass is 10.1. The Morgan fingerprint density at radius 1 is 1.12 bits per heavy atom. The second-order valence-electron chi connectivity index (χ2n) is 5.47. The zero-order valence-electron chi connectivity index (χ0n) is 13.7. The Bertz CT molecular complexity index is 747. The molecule has 2 aromatic rings. The van der Waals surface area contributed by atoms with Gasteiger partial charge >= 0.3 is 0 Å². The second kappa shape index (κ2) is 8.36. The molecule has 0 spiro atoms. The minimum atomic E-state index is -0.130. The van der Waals surface area contributed by atoms with E-state index in [4.69, 9.17) is 11.6 Å². The SMILES string of the molecule is CC(=O)Nc1cc(NCC(=O)NCc2cccc(Cl)c2)ccc1C. The monoisotopic (exact) mass is 345 g/mol. The number of carbonyl (C=O) groups excluding carboxylic acids is 2. The van der Waals surface area contributed by atoms with Gasteiger partial charge in [0.2, 0.25) is 11.8 Å². The fourth-order valence-electron chi connectivity index (χ4n) is 2.15. The Morgan fingerprint density at radius 3 is 2.62 bits per heavy atom. The summed E-state index contributed by atoms with van der Waals surface area (Å²) in [4.78, 5) is 23.1. The van der Waals surface area contributed by atoms with Gasteiger partial charge in [-0.3, -0.25) is 9.59 Å². The van der Waals surface area contributed by atoms with E-state index in [1.165, 1.54) is 6.92 Å². The average molecular weight is 346 g/mol. The lowest BCUT2D eigenvalue weighted by Gasteiger charge is -2.11. The number of nitrogens with one attached hydrogen (secondary N) is 3. The summed E-state index contributed by atoms with van der Waals surface area (Å²) in [5.41, 5.74) is 3.40. The molecule has 0 saturated carbocycles. The van der Waals surface area contributed by atoms with Gasteiger partial charge in [0, 0.05) is 29.9 Å². The minimum Gasteiger partial charge on any atom is -0.376 e. The predicted octanol–water partition coefficient (Wildman–Crippen LogP) is 3.34. The summed E-state index contributed by atoms with van der Waals surface area (Å²) in [5, 5.41) is 9.27. The molecule has 3 N–H and O–H groups in total. The van der Waals surface area contributed by atoms with Gasteiger partial charge in [-0.25, -0.2) is 0 Å². The van der Waals surface area contributed by atoms with Crippen LogP contribution in [-0.2, 0) is 16.1 Å². The predicted molar refractivity (Wildman–Crippen MR) is 97.3 cm³/mol. The van der Waals surface area contributed by atoms with E-state index in [-0.39, 0.29) is 18.4 Å². The lowest BCUT2D eigenvalue weighted by Crippen LogP contribution is -2.29. The second-order valence-corrected chi connectivity index (χ2v) is 5.91. The highest BCUT2D eigenvalue weighted by Gasteiger charge is 2.05. The molecule has 0 saturated heterocycles. The van der Waals surface area contributed by atoms with Gasteiger partial charge in [-0.1, -0.05) is 29.8 Å². The van der Waals surface area contributed by atoms with E-state index >= 15 is 0 Å². The van der Waals surface area contributed by atoms with Crippen LogP contribution >= 0.6 is 11.6 Å². The molecule has 6 heteroatoms. The zero-order chi connectivity index (χ0) is 17.5. The van der Waals surface area contributed by atoms with Crippen LogP contribution in [0.5, 0.6) is 0 Å². The van der Waals surface area contributed by atoms with Gasteiger partial charge in [-0.2, -0.15) is 0 Å². The summed E-state index contributed by atoms with van der Waals surface area (Å²) in [6.45, 7) is 3.94. The van der Waals surface area contributed by atoms with Crippen LogP contribution in [0.15, 0.2) is 42.5 Å². The van der Waals surface area contributed by atoms with E-state index in [0.29, 0.717) is 11.6 Å². The Balaban J connectivity index is 1.86. The maximum absolute atomic E-state index is 11.9. The maximum atomic E-state index is 11.9. The first kappa shape index (κ1) is 17.8. The van der Waals surface area contributed by atoms with Crippen LogP contribution in [0.25, 0.3) is 0 Å². The number of rotatable bonds is 6. The lowest BCUT2D eigenvalue weighted by molar-refractivity contribution is -0.119. The number of hydrogen-bond donors (Lipinski definition) is 3. The van der Waals surface area contributed by atoms with E-state index < -0.39 is 0 Å². The minimum absolute atomic E-state index is 0.128. The molecule has 2 amide bonds. The topological polar surface area (TPSA) is 70.2 Å². The highest BCUT2D eigenvalue weighted by molar-refractivity contribution is 6.30. The highest BCUT2D eigenvalue weighted by atomic mass is 35.5. The molecule has 2 aromatic carbocycles. The summed E-state index contributed by atoms with van der Waals surface area (Å²) in [7, 11) is 0. The van der Waals surface area contributed by atoms with Crippen LogP contribution in [0.4, 0.5) is 11.4 Å². The maximum Gasteiger partial charge on any atom is 0.239 e. The van der Waals surface area contributed by atoms with Crippen LogP contribution in [-0.4, -0.2) is 18.4 Å². The first-order valence-corrected chi connectivity index (χ1v) is 7.95. The molecule has 0 aliphatic carbocycles. The van der Waals surface area contributed by atoms with Crippen molar-refractivity contribution < 1.29 is 9.59 Å². The number of amides is 2. The van der Waals surface area contributed by atoms with E-state index in [2.05, 4.69) is 16.0 Å². The third-order valence-corrected chi connectivity index (χ3v) is 3.62. The van der Waals surface area contributed by atoms with E-state index in [0.717, 1.165) is 22.5 Å². The third-order valence-electron chi connectivity index (χ3n) is 3.38. The van der Waals surface area contributed by atoms with Gasteiger partial charge in [0.15, 0.2) is 0 Å². The molecular formula is C18H20ClN3O2. The Kier molecular flexibility index (Phi) is 6.21. The molecule has 0 radical (unpaired) electrons. The van der Waals surface area contributed by atoms with E-state index in [9.17, 15) is 9.59 Å². The van der Waals surface area contributed by atoms with Crippen LogP contribution in [0.1, 0.15) is 18.1 Å². The molecular weight excluding hydrogens is 326 g/mol. The van der Waals surface area contributed by atoms with Crippen LogP contribution in [0.3, 0.4) is 0 Å². The summed E-state index contributed by atoms with van der Waals surface area (Å²) in [6.07, 6.45) is 0. The van der Waals surface area contributed by atoms with Gasteiger partial charge in [-0.05, 0) is 42.3 Å². The number of anilines is 2. The number of hydrogen-bond acceptors (Lipinski definition) is 3. The summed E-state index contributed by atoms with van der Waals surface area (Å²) in [6, 6.07) is 12.9. The molecule has 0 bridgehead atoms. The molecule has 0 aliphatic heterocycles. The van der Waals surface area contributed by atoms with Gasteiger partial charge in [0.25, 0.3) is 0 Å². The molecule has 0 atom stereocenters. The first-order chi connectivity index (χ1) is 11.4. The van der Waals surface area contributed by atoms with Crippen molar-refractivity contribution >= 4 is 34.8 Å². The Morgan fingerprint density at radius 2 is 1.92 bits per heavy atom. The van der Waals surface area contributed by atoms with Gasteiger partial charge in [0.1, 0.15) is 0 Å². The zero-order valence-corrected chi connectivity index (χ0v) is 14.4. The molecule has 0 unspecified atom stereocenters. The van der Waals surface area contributed by atoms with Gasteiger partial charge < -0.3 is 16.0 Å². The molecule has 0 heterocycles. The molecule has 126 valence electrons. The Labute approximate surface area is 146 Å². The number of aryl methyl sites for hydroxylation is 1. The fourth-order valence-corrected chi connectivity index (χ4v) is 2.36. The Hall–Kier alpha value is -2.53. The molecule has 24 heavy (non-hydrogen) atoms. The highest BCUT2D eigenvalue weighted by Crippen LogP contribution is 2.20. The number of carbonyl (C=O) groups is 2. The molecule has 0 aliphatic rings. The molecule has 0 aromatic heterocycles. The average Bonchev–Trinajstić information content (AvgIpc) is 2.53. The van der Waals surface area contributed by atoms with Crippen molar-refractivity contribution in [1.29, 1.82) is 0 Å². The van der Waals surface area contributed by atoms with E-state index in [1.54, 1.807) is 12.1 Å². The number of benzene rings is 2. The summed E-state index contributed by atoms with van der Waals surface area (Å²) in [5.74, 6) is -0.258. The van der Waals surface area contributed by atoms with Crippen LogP contribution in [0, 0.1) is 6.92 Å².